The average Bonchev–Trinajstić information content (AvgIpc) is 2.47. The number of ether oxygens (including phenoxy) is 1. The second kappa shape index (κ2) is 8.15. The number of nitrogens with one attached hydrogen (secondary N) is 2. The summed E-state index contributed by atoms with van der Waals surface area (Å²) < 4.78 is 4.38. The molecule has 0 unspecified atom stereocenters. The SMILES string of the molecule is COC(=O)C[C@H](NC(=O)Nc1ccc(SC)cc1)C(=O)O. The van der Waals surface area contributed by atoms with Crippen molar-refractivity contribution in [3.05, 3.63) is 24.3 Å². The van der Waals surface area contributed by atoms with E-state index in [1.54, 1.807) is 23.9 Å². The van der Waals surface area contributed by atoms with Gasteiger partial charge in [-0.2, -0.15) is 0 Å². The van der Waals surface area contributed by atoms with Crippen LogP contribution in [-0.2, 0) is 14.3 Å². The summed E-state index contributed by atoms with van der Waals surface area (Å²) >= 11 is 1.56. The number of carboxylic acids is 1. The quantitative estimate of drug-likeness (QED) is 0.544. The predicted octanol–water partition coefficient (Wildman–Crippen LogP) is 1.55. The molecule has 1 atom stereocenters. The normalized spacial score (nSPS) is 11.3. The summed E-state index contributed by atoms with van der Waals surface area (Å²) in [4.78, 5) is 34.8. The summed E-state index contributed by atoms with van der Waals surface area (Å²) in [6.07, 6.45) is 1.49. The van der Waals surface area contributed by atoms with Crippen LogP contribution in [0.25, 0.3) is 0 Å². The van der Waals surface area contributed by atoms with E-state index in [0.29, 0.717) is 5.69 Å². The fourth-order valence-electron chi connectivity index (χ4n) is 1.45. The summed E-state index contributed by atoms with van der Waals surface area (Å²) in [6, 6.07) is 4.99. The van der Waals surface area contributed by atoms with Gasteiger partial charge >= 0.3 is 18.0 Å². The van der Waals surface area contributed by atoms with Crippen molar-refractivity contribution >= 4 is 35.4 Å². The van der Waals surface area contributed by atoms with Crippen molar-refractivity contribution in [3.8, 4) is 0 Å². The molecule has 0 saturated carbocycles. The lowest BCUT2D eigenvalue weighted by molar-refractivity contribution is -0.147. The first-order chi connectivity index (χ1) is 9.96. The maximum Gasteiger partial charge on any atom is 0.326 e. The average molecular weight is 312 g/mol. The molecule has 1 rings (SSSR count). The van der Waals surface area contributed by atoms with Gasteiger partial charge in [0.15, 0.2) is 0 Å². The number of amides is 2. The molecule has 21 heavy (non-hydrogen) atoms. The number of aliphatic carboxylic acids is 1. The van der Waals surface area contributed by atoms with Crippen LogP contribution in [-0.4, -0.2) is 42.5 Å². The number of thioether (sulfide) groups is 1. The summed E-state index contributed by atoms with van der Waals surface area (Å²) in [5, 5.41) is 13.6. The zero-order valence-corrected chi connectivity index (χ0v) is 12.4. The van der Waals surface area contributed by atoms with Gasteiger partial charge in [0.2, 0.25) is 0 Å². The summed E-state index contributed by atoms with van der Waals surface area (Å²) in [7, 11) is 1.15. The lowest BCUT2D eigenvalue weighted by atomic mass is 10.2. The number of urea groups is 1. The molecule has 8 heteroatoms. The maximum absolute atomic E-state index is 11.7. The summed E-state index contributed by atoms with van der Waals surface area (Å²) in [5.41, 5.74) is 0.521. The maximum atomic E-state index is 11.7. The topological polar surface area (TPSA) is 105 Å². The Balaban J connectivity index is 2.60. The molecule has 0 saturated heterocycles. The van der Waals surface area contributed by atoms with Crippen LogP contribution in [0.2, 0.25) is 0 Å². The van der Waals surface area contributed by atoms with E-state index in [2.05, 4.69) is 15.4 Å². The van der Waals surface area contributed by atoms with Crippen LogP contribution in [0.4, 0.5) is 10.5 Å². The molecular weight excluding hydrogens is 296 g/mol. The number of hydrogen-bond donors (Lipinski definition) is 3. The predicted molar refractivity (Wildman–Crippen MR) is 78.4 cm³/mol. The molecule has 0 bridgehead atoms. The summed E-state index contributed by atoms with van der Waals surface area (Å²) in [5.74, 6) is -2.03. The van der Waals surface area contributed by atoms with Crippen LogP contribution in [0.3, 0.4) is 0 Å². The highest BCUT2D eigenvalue weighted by Crippen LogP contribution is 2.17. The zero-order valence-electron chi connectivity index (χ0n) is 11.6. The summed E-state index contributed by atoms with van der Waals surface area (Å²) in [6.45, 7) is 0. The number of rotatable bonds is 6. The van der Waals surface area contributed by atoms with E-state index in [4.69, 9.17) is 5.11 Å². The molecule has 3 N–H and O–H groups in total. The molecule has 0 radical (unpaired) electrons. The molecule has 114 valence electrons. The van der Waals surface area contributed by atoms with Gasteiger partial charge in [0.1, 0.15) is 6.04 Å². The second-order valence-electron chi connectivity index (χ2n) is 4.00. The Hall–Kier alpha value is -2.22. The van der Waals surface area contributed by atoms with E-state index in [1.807, 2.05) is 18.4 Å². The third-order valence-corrected chi connectivity index (χ3v) is 3.29. The van der Waals surface area contributed by atoms with Crippen LogP contribution in [0.5, 0.6) is 0 Å². The van der Waals surface area contributed by atoms with Crippen molar-refractivity contribution in [2.75, 3.05) is 18.7 Å². The van der Waals surface area contributed by atoms with E-state index >= 15 is 0 Å². The van der Waals surface area contributed by atoms with Gasteiger partial charge in [-0.1, -0.05) is 0 Å². The molecule has 0 heterocycles. The van der Waals surface area contributed by atoms with Crippen molar-refractivity contribution in [3.63, 3.8) is 0 Å². The Labute approximate surface area is 126 Å². The van der Waals surface area contributed by atoms with Crippen molar-refractivity contribution in [2.24, 2.45) is 0 Å². The van der Waals surface area contributed by atoms with E-state index in [-0.39, 0.29) is 0 Å². The van der Waals surface area contributed by atoms with E-state index in [1.165, 1.54) is 0 Å². The zero-order chi connectivity index (χ0) is 15.8. The van der Waals surface area contributed by atoms with Gasteiger partial charge in [-0.05, 0) is 30.5 Å². The highest BCUT2D eigenvalue weighted by molar-refractivity contribution is 7.98. The van der Waals surface area contributed by atoms with Crippen molar-refractivity contribution in [1.29, 1.82) is 0 Å². The van der Waals surface area contributed by atoms with Crippen LogP contribution < -0.4 is 10.6 Å². The van der Waals surface area contributed by atoms with Crippen molar-refractivity contribution < 1.29 is 24.2 Å². The lowest BCUT2D eigenvalue weighted by Crippen LogP contribution is -2.44. The van der Waals surface area contributed by atoms with Gasteiger partial charge in [-0.25, -0.2) is 9.59 Å². The number of carbonyl (C=O) groups is 3. The van der Waals surface area contributed by atoms with Gasteiger partial charge in [0.25, 0.3) is 0 Å². The Bertz CT molecular complexity index is 518. The van der Waals surface area contributed by atoms with Crippen LogP contribution in [0.1, 0.15) is 6.42 Å². The molecule has 0 aliphatic carbocycles. The fraction of sp³-hybridized carbons (Fsp3) is 0.308. The third kappa shape index (κ3) is 5.74. The second-order valence-corrected chi connectivity index (χ2v) is 4.88. The number of esters is 1. The van der Waals surface area contributed by atoms with Gasteiger partial charge < -0.3 is 20.5 Å². The van der Waals surface area contributed by atoms with Gasteiger partial charge in [-0.15, -0.1) is 11.8 Å². The minimum absolute atomic E-state index is 0.440. The third-order valence-electron chi connectivity index (χ3n) is 2.55. The minimum Gasteiger partial charge on any atom is -0.480 e. The molecule has 0 aliphatic rings. The number of hydrogen-bond acceptors (Lipinski definition) is 5. The molecule has 0 aromatic heterocycles. The van der Waals surface area contributed by atoms with Gasteiger partial charge in [-0.3, -0.25) is 4.79 Å². The molecule has 7 nitrogen and oxygen atoms in total. The first kappa shape index (κ1) is 16.8. The van der Waals surface area contributed by atoms with Gasteiger partial charge in [0.05, 0.1) is 13.5 Å². The number of methoxy groups -OCH3 is 1. The first-order valence-corrected chi connectivity index (χ1v) is 7.20. The molecular formula is C13H16N2O5S. The molecule has 2 amide bonds. The number of benzene rings is 1. The van der Waals surface area contributed by atoms with Crippen molar-refractivity contribution in [1.82, 2.24) is 5.32 Å². The molecule has 1 aromatic carbocycles. The van der Waals surface area contributed by atoms with Crippen LogP contribution in [0.15, 0.2) is 29.2 Å². The van der Waals surface area contributed by atoms with E-state index in [0.717, 1.165) is 12.0 Å². The lowest BCUT2D eigenvalue weighted by Gasteiger charge is -2.14. The Morgan fingerprint density at radius 1 is 1.29 bits per heavy atom. The van der Waals surface area contributed by atoms with Crippen molar-refractivity contribution in [2.45, 2.75) is 17.4 Å². The Morgan fingerprint density at radius 3 is 2.38 bits per heavy atom. The molecule has 0 spiro atoms. The van der Waals surface area contributed by atoms with Crippen LogP contribution in [0, 0.1) is 0 Å². The molecule has 0 fully saturated rings. The number of carboxylic acid groups (broad SMARTS) is 1. The standard InChI is InChI=1S/C13H16N2O5S/c1-20-11(16)7-10(12(17)18)15-13(19)14-8-3-5-9(21-2)6-4-8/h3-6,10H,7H2,1-2H3,(H,17,18)(H2,14,15,19)/t10-/m0/s1. The highest BCUT2D eigenvalue weighted by atomic mass is 32.2. The Kier molecular flexibility index (Phi) is 6.54. The number of carbonyl (C=O) groups excluding carboxylic acids is 2. The van der Waals surface area contributed by atoms with Gasteiger partial charge in [0, 0.05) is 10.6 Å². The van der Waals surface area contributed by atoms with E-state index < -0.39 is 30.4 Å². The fourth-order valence-corrected chi connectivity index (χ4v) is 1.86. The first-order valence-electron chi connectivity index (χ1n) is 5.97. The monoisotopic (exact) mass is 312 g/mol. The van der Waals surface area contributed by atoms with Crippen LogP contribution >= 0.6 is 11.8 Å². The van der Waals surface area contributed by atoms with E-state index in [9.17, 15) is 14.4 Å². The highest BCUT2D eigenvalue weighted by Gasteiger charge is 2.23. The smallest absolute Gasteiger partial charge is 0.326 e. The largest absolute Gasteiger partial charge is 0.480 e. The Morgan fingerprint density at radius 2 is 1.90 bits per heavy atom. The molecule has 1 aromatic rings. The molecule has 0 aliphatic heterocycles. The minimum atomic E-state index is -1.34. The number of anilines is 1.